The molecule has 0 atom stereocenters. The number of ether oxygens (including phenoxy) is 1. The van der Waals surface area contributed by atoms with E-state index < -0.39 is 0 Å². The van der Waals surface area contributed by atoms with E-state index in [0.29, 0.717) is 6.10 Å². The van der Waals surface area contributed by atoms with E-state index in [4.69, 9.17) is 4.74 Å². The lowest BCUT2D eigenvalue weighted by molar-refractivity contribution is -0.115. The van der Waals surface area contributed by atoms with Crippen molar-refractivity contribution in [3.63, 3.8) is 0 Å². The van der Waals surface area contributed by atoms with Crippen LogP contribution in [0.3, 0.4) is 0 Å². The van der Waals surface area contributed by atoms with Crippen LogP contribution in [-0.4, -0.2) is 67.7 Å². The smallest absolute Gasteiger partial charge is 0.214 e. The highest BCUT2D eigenvalue weighted by atomic mass is 32.1. The zero-order valence-corrected chi connectivity index (χ0v) is 13.9. The first-order valence-electron chi connectivity index (χ1n) is 7.44. The third-order valence-corrected chi connectivity index (χ3v) is 3.73. The van der Waals surface area contributed by atoms with Crippen LogP contribution in [-0.2, 0) is 9.53 Å². The summed E-state index contributed by atoms with van der Waals surface area (Å²) in [6, 6.07) is 0. The average molecular weight is 308 g/mol. The van der Waals surface area contributed by atoms with Gasteiger partial charge >= 0.3 is 0 Å². The highest BCUT2D eigenvalue weighted by Gasteiger charge is 2.19. The minimum atomic E-state index is -0.333. The van der Waals surface area contributed by atoms with Crippen LogP contribution < -0.4 is 5.73 Å². The van der Waals surface area contributed by atoms with E-state index in [0.717, 1.165) is 13.2 Å². The zero-order valence-electron chi connectivity index (χ0n) is 12.9. The normalized spacial score (nSPS) is 20.3. The second-order valence-corrected chi connectivity index (χ2v) is 5.31. The van der Waals surface area contributed by atoms with Crippen molar-refractivity contribution in [1.82, 2.24) is 9.80 Å². The number of rotatable bonds is 5. The first-order valence-corrected chi connectivity index (χ1v) is 7.44. The quantitative estimate of drug-likeness (QED) is 0.824. The van der Waals surface area contributed by atoms with Gasteiger partial charge in [-0.2, -0.15) is 13.5 Å². The molecule has 2 N–H and O–H groups in total. The molecule has 1 heterocycles. The summed E-state index contributed by atoms with van der Waals surface area (Å²) in [6.45, 7) is 11.7. The molecule has 1 saturated heterocycles. The maximum absolute atomic E-state index is 9.22. The number of nitrogens with zero attached hydrogens (tertiary/aromatic N) is 2. The minimum absolute atomic E-state index is 0. The lowest BCUT2D eigenvalue weighted by Crippen LogP contribution is -2.47. The number of amides is 1. The molecule has 122 valence electrons. The van der Waals surface area contributed by atoms with Gasteiger partial charge in [-0.15, -0.1) is 0 Å². The fraction of sp³-hybridized carbons (Fsp3) is 0.929. The van der Waals surface area contributed by atoms with Crippen LogP contribution in [0.2, 0.25) is 0 Å². The Kier molecular flexibility index (Phi) is 11.2. The van der Waals surface area contributed by atoms with Crippen molar-refractivity contribution in [2.75, 3.05) is 45.9 Å². The van der Waals surface area contributed by atoms with Crippen molar-refractivity contribution in [3.8, 4) is 0 Å². The van der Waals surface area contributed by atoms with Gasteiger partial charge in [0.1, 0.15) is 0 Å². The van der Waals surface area contributed by atoms with E-state index >= 15 is 0 Å². The summed E-state index contributed by atoms with van der Waals surface area (Å²) in [5.41, 5.74) is 4.47. The molecule has 1 amide bonds. The number of primary amides is 1. The topological polar surface area (TPSA) is 58.8 Å². The van der Waals surface area contributed by atoms with Crippen molar-refractivity contribution in [1.29, 1.82) is 0 Å². The van der Waals surface area contributed by atoms with Gasteiger partial charge in [0.05, 0.1) is 12.7 Å². The van der Waals surface area contributed by atoms with Gasteiger partial charge in [-0.3, -0.25) is 9.69 Å². The van der Waals surface area contributed by atoms with Crippen LogP contribution in [0.5, 0.6) is 0 Å². The van der Waals surface area contributed by atoms with E-state index in [2.05, 4.69) is 22.5 Å². The molecule has 0 radical (unpaired) electrons. The maximum atomic E-state index is 9.22. The highest BCUT2D eigenvalue weighted by molar-refractivity contribution is 7.59. The molecule has 2 fully saturated rings. The summed E-state index contributed by atoms with van der Waals surface area (Å²) in [4.78, 5) is 14.3. The van der Waals surface area contributed by atoms with E-state index in [1.165, 1.54) is 58.9 Å². The number of hydrogen-bond donors (Lipinski definition) is 1. The number of piperazine rings is 1. The molecule has 5 nitrogen and oxygen atoms in total. The van der Waals surface area contributed by atoms with Crippen molar-refractivity contribution >= 4 is 19.4 Å². The van der Waals surface area contributed by atoms with E-state index in [1.54, 1.807) is 0 Å². The molecule has 0 aromatic rings. The summed E-state index contributed by atoms with van der Waals surface area (Å²) in [5.74, 6) is -0.333. The van der Waals surface area contributed by atoms with Gasteiger partial charge in [-0.25, -0.2) is 0 Å². The Bertz CT molecular complexity index is 257. The van der Waals surface area contributed by atoms with Gasteiger partial charge in [0.25, 0.3) is 0 Å². The third-order valence-electron chi connectivity index (χ3n) is 3.73. The van der Waals surface area contributed by atoms with Crippen LogP contribution >= 0.6 is 13.5 Å². The van der Waals surface area contributed by atoms with Gasteiger partial charge in [-0.1, -0.05) is 6.92 Å². The number of carbonyl (C=O) groups excluding carboxylic acids is 1. The lowest BCUT2D eigenvalue weighted by Gasteiger charge is -2.34. The molecule has 1 aliphatic carbocycles. The third kappa shape index (κ3) is 8.79. The molecule has 0 aromatic heterocycles. The number of hydrogen-bond acceptors (Lipinski definition) is 4. The van der Waals surface area contributed by atoms with E-state index in [-0.39, 0.29) is 20.8 Å². The molecular formula is C14H33N3O2S. The highest BCUT2D eigenvalue weighted by Crippen LogP contribution is 2.21. The molecule has 1 saturated carbocycles. The summed E-state index contributed by atoms with van der Waals surface area (Å²) in [6.07, 6.45) is 4.56. The molecule has 0 bridgehead atoms. The van der Waals surface area contributed by atoms with Crippen LogP contribution in [0.1, 0.15) is 34.5 Å². The Balaban J connectivity index is 0. The fourth-order valence-electron chi connectivity index (χ4n) is 2.22. The summed E-state index contributed by atoms with van der Waals surface area (Å²) < 4.78 is 5.78. The molecular weight excluding hydrogens is 274 g/mol. The molecule has 6 heteroatoms. The molecule has 2 rings (SSSR count). The number of nitrogens with two attached hydrogens (primary N) is 1. The van der Waals surface area contributed by atoms with Gasteiger partial charge in [0, 0.05) is 41.1 Å². The van der Waals surface area contributed by atoms with Gasteiger partial charge in [0.15, 0.2) is 0 Å². The Hall–Kier alpha value is -0.300. The minimum Gasteiger partial charge on any atom is -0.377 e. The Labute approximate surface area is 131 Å². The largest absolute Gasteiger partial charge is 0.377 e. The first kappa shape index (κ1) is 19.7. The number of likely N-dealkylation sites (N-methyl/N-ethyl adjacent to an activating group) is 1. The van der Waals surface area contributed by atoms with Crippen molar-refractivity contribution in [2.24, 2.45) is 5.73 Å². The van der Waals surface area contributed by atoms with Crippen LogP contribution in [0, 0.1) is 0 Å². The molecule has 1 aliphatic heterocycles. The number of carbonyl (C=O) groups is 1. The molecule has 0 spiro atoms. The predicted molar refractivity (Wildman–Crippen MR) is 89.5 cm³/mol. The monoisotopic (exact) mass is 307 g/mol. The predicted octanol–water partition coefficient (Wildman–Crippen LogP) is 1.04. The van der Waals surface area contributed by atoms with Gasteiger partial charge in [-0.05, 0) is 25.8 Å². The fourth-order valence-corrected chi connectivity index (χ4v) is 2.22. The van der Waals surface area contributed by atoms with E-state index in [9.17, 15) is 4.79 Å². The Morgan fingerprint density at radius 2 is 1.75 bits per heavy atom. The van der Waals surface area contributed by atoms with Crippen LogP contribution in [0.4, 0.5) is 0 Å². The van der Waals surface area contributed by atoms with Crippen molar-refractivity contribution in [3.05, 3.63) is 0 Å². The van der Waals surface area contributed by atoms with Crippen molar-refractivity contribution < 1.29 is 11.0 Å². The Morgan fingerprint density at radius 1 is 1.25 bits per heavy atom. The van der Waals surface area contributed by atoms with Crippen molar-refractivity contribution in [2.45, 2.75) is 39.2 Å². The maximum Gasteiger partial charge on any atom is 0.214 e. The second kappa shape index (κ2) is 11.4. The van der Waals surface area contributed by atoms with Gasteiger partial charge in [0.2, 0.25) is 5.91 Å². The van der Waals surface area contributed by atoms with Gasteiger partial charge < -0.3 is 15.4 Å². The van der Waals surface area contributed by atoms with Crippen LogP contribution in [0.25, 0.3) is 0 Å². The Morgan fingerprint density at radius 3 is 2.15 bits per heavy atom. The lowest BCUT2D eigenvalue weighted by atomic mass is 9.96. The first-order chi connectivity index (χ1) is 9.11. The van der Waals surface area contributed by atoms with Crippen LogP contribution in [0.15, 0.2) is 0 Å². The summed E-state index contributed by atoms with van der Waals surface area (Å²) in [7, 11) is 0. The molecule has 2 aliphatic rings. The molecule has 0 unspecified atom stereocenters. The molecule has 20 heavy (non-hydrogen) atoms. The average Bonchev–Trinajstić information content (AvgIpc) is 2.32. The summed E-state index contributed by atoms with van der Waals surface area (Å²) >= 11 is 0. The standard InChI is InChI=1S/C12H24N2O.C2H5NO.H2S.H2/c1-2-13-6-8-14(9-7-13)10-11-15-12-4-3-5-12;1-2(3)4;;/h12H,2-11H2,1H3;1H3,(H2,3,4);1H2;1H. The SMILES string of the molecule is CC(N)=O.CCN1CCN(CCOC2CCC2)CC1.S.[HH]. The summed E-state index contributed by atoms with van der Waals surface area (Å²) in [5, 5.41) is 0. The molecule has 0 aromatic carbocycles. The zero-order chi connectivity index (χ0) is 14.1. The second-order valence-electron chi connectivity index (χ2n) is 5.31. The van der Waals surface area contributed by atoms with E-state index in [1.807, 2.05) is 0 Å².